The number of hydrogen-bond acceptors (Lipinski definition) is 1. The summed E-state index contributed by atoms with van der Waals surface area (Å²) < 4.78 is 5.41. The molecule has 1 aromatic carbocycles. The van der Waals surface area contributed by atoms with Crippen LogP contribution in [0.1, 0.15) is 24.0 Å². The summed E-state index contributed by atoms with van der Waals surface area (Å²) in [7, 11) is 1.80. The Morgan fingerprint density at radius 2 is 2.08 bits per heavy atom. The fourth-order valence-corrected chi connectivity index (χ4v) is 2.05. The zero-order chi connectivity index (χ0) is 8.55. The van der Waals surface area contributed by atoms with Gasteiger partial charge in [0.1, 0.15) is 0 Å². The number of hydrogen-bond donors (Lipinski definition) is 0. The summed E-state index contributed by atoms with van der Waals surface area (Å²) in [5.74, 6) is 0.561. The van der Waals surface area contributed by atoms with E-state index in [4.69, 9.17) is 4.74 Å². The summed E-state index contributed by atoms with van der Waals surface area (Å²) in [5, 5.41) is 0. The van der Waals surface area contributed by atoms with Crippen molar-refractivity contribution in [2.24, 2.45) is 0 Å². The van der Waals surface area contributed by atoms with Gasteiger partial charge in [-0.25, -0.2) is 0 Å². The molecule has 0 saturated heterocycles. The first-order valence-corrected chi connectivity index (χ1v) is 4.43. The largest absolute Gasteiger partial charge is 0.380 e. The molecular weight excluding hydrogens is 148 g/mol. The molecule has 12 heavy (non-hydrogen) atoms. The third-order valence-corrected chi connectivity index (χ3v) is 2.83. The molecule has 0 heterocycles. The molecule has 0 aromatic heterocycles. The minimum atomic E-state index is 0.391. The average molecular weight is 162 g/mol. The second-order valence-corrected chi connectivity index (χ2v) is 3.47. The van der Waals surface area contributed by atoms with Crippen LogP contribution in [0.2, 0.25) is 0 Å². The molecule has 0 spiro atoms. The van der Waals surface area contributed by atoms with Crippen LogP contribution in [0.5, 0.6) is 0 Å². The van der Waals surface area contributed by atoms with Gasteiger partial charge in [-0.1, -0.05) is 31.2 Å². The Balaban J connectivity index is 2.35. The van der Waals surface area contributed by atoms with E-state index in [1.165, 1.54) is 11.1 Å². The number of fused-ring (bicyclic) bond motifs is 1. The van der Waals surface area contributed by atoms with Gasteiger partial charge in [0.05, 0.1) is 6.10 Å². The Kier molecular flexibility index (Phi) is 1.89. The molecule has 1 aliphatic carbocycles. The van der Waals surface area contributed by atoms with Crippen molar-refractivity contribution < 1.29 is 4.74 Å². The van der Waals surface area contributed by atoms with E-state index in [2.05, 4.69) is 31.2 Å². The Morgan fingerprint density at radius 1 is 1.33 bits per heavy atom. The molecule has 1 nitrogen and oxygen atoms in total. The third kappa shape index (κ3) is 1.05. The lowest BCUT2D eigenvalue weighted by Gasteiger charge is -2.13. The maximum absolute atomic E-state index is 5.41. The number of rotatable bonds is 1. The first kappa shape index (κ1) is 7.81. The lowest BCUT2D eigenvalue weighted by molar-refractivity contribution is 0.0938. The first-order valence-electron chi connectivity index (χ1n) is 4.43. The van der Waals surface area contributed by atoms with Crippen molar-refractivity contribution in [3.63, 3.8) is 0 Å². The van der Waals surface area contributed by atoms with Crippen molar-refractivity contribution in [2.45, 2.75) is 25.4 Å². The second kappa shape index (κ2) is 2.91. The maximum Gasteiger partial charge on any atom is 0.0677 e. The van der Waals surface area contributed by atoms with Gasteiger partial charge < -0.3 is 4.74 Å². The molecule has 64 valence electrons. The van der Waals surface area contributed by atoms with Gasteiger partial charge in [0, 0.05) is 13.0 Å². The highest BCUT2D eigenvalue weighted by Crippen LogP contribution is 2.33. The minimum Gasteiger partial charge on any atom is -0.380 e. The van der Waals surface area contributed by atoms with Gasteiger partial charge in [-0.05, 0) is 17.5 Å². The topological polar surface area (TPSA) is 9.23 Å². The lowest BCUT2D eigenvalue weighted by atomic mass is 10.0. The Labute approximate surface area is 73.4 Å². The molecule has 2 rings (SSSR count). The molecule has 0 amide bonds. The van der Waals surface area contributed by atoms with E-state index in [0.717, 1.165) is 6.42 Å². The summed E-state index contributed by atoms with van der Waals surface area (Å²) >= 11 is 0. The third-order valence-electron chi connectivity index (χ3n) is 2.83. The van der Waals surface area contributed by atoms with Gasteiger partial charge in [0.2, 0.25) is 0 Å². The summed E-state index contributed by atoms with van der Waals surface area (Å²) in [6.45, 7) is 2.24. The average Bonchev–Trinajstić information content (AvgIpc) is 2.44. The van der Waals surface area contributed by atoms with Gasteiger partial charge in [-0.2, -0.15) is 0 Å². The molecule has 0 radical (unpaired) electrons. The molecule has 1 aromatic rings. The van der Waals surface area contributed by atoms with Crippen molar-refractivity contribution >= 4 is 0 Å². The fourth-order valence-electron chi connectivity index (χ4n) is 2.05. The van der Waals surface area contributed by atoms with E-state index >= 15 is 0 Å². The van der Waals surface area contributed by atoms with E-state index in [1.807, 2.05) is 0 Å². The van der Waals surface area contributed by atoms with Crippen LogP contribution in [0, 0.1) is 0 Å². The quantitative estimate of drug-likeness (QED) is 0.616. The molecule has 0 bridgehead atoms. The van der Waals surface area contributed by atoms with Crippen molar-refractivity contribution in [2.75, 3.05) is 7.11 Å². The van der Waals surface area contributed by atoms with Crippen LogP contribution in [-0.2, 0) is 11.2 Å². The van der Waals surface area contributed by atoms with Crippen molar-refractivity contribution in [1.82, 2.24) is 0 Å². The van der Waals surface area contributed by atoms with Crippen LogP contribution in [0.25, 0.3) is 0 Å². The number of benzene rings is 1. The highest BCUT2D eigenvalue weighted by atomic mass is 16.5. The number of methoxy groups -OCH3 is 1. The Morgan fingerprint density at radius 3 is 2.75 bits per heavy atom. The second-order valence-electron chi connectivity index (χ2n) is 3.47. The molecule has 1 heteroatoms. The van der Waals surface area contributed by atoms with Crippen molar-refractivity contribution in [3.05, 3.63) is 35.4 Å². The highest BCUT2D eigenvalue weighted by molar-refractivity contribution is 5.36. The summed E-state index contributed by atoms with van der Waals surface area (Å²) in [6, 6.07) is 8.61. The number of ether oxygens (including phenoxy) is 1. The van der Waals surface area contributed by atoms with E-state index in [1.54, 1.807) is 7.11 Å². The first-order chi connectivity index (χ1) is 5.83. The molecule has 0 N–H and O–H groups in total. The zero-order valence-corrected chi connectivity index (χ0v) is 7.58. The maximum atomic E-state index is 5.41. The molecule has 0 aliphatic heterocycles. The molecule has 0 fully saturated rings. The van der Waals surface area contributed by atoms with E-state index in [0.29, 0.717) is 12.0 Å². The summed E-state index contributed by atoms with van der Waals surface area (Å²) in [4.78, 5) is 0. The zero-order valence-electron chi connectivity index (χ0n) is 7.58. The van der Waals surface area contributed by atoms with Crippen LogP contribution in [0.15, 0.2) is 24.3 Å². The van der Waals surface area contributed by atoms with Crippen molar-refractivity contribution in [1.29, 1.82) is 0 Å². The smallest absolute Gasteiger partial charge is 0.0677 e. The molecular formula is C11H14O. The predicted molar refractivity (Wildman–Crippen MR) is 49.4 cm³/mol. The normalized spacial score (nSPS) is 27.2. The minimum absolute atomic E-state index is 0.391. The molecule has 0 saturated carbocycles. The summed E-state index contributed by atoms with van der Waals surface area (Å²) in [5.41, 5.74) is 2.92. The van der Waals surface area contributed by atoms with Crippen LogP contribution in [-0.4, -0.2) is 13.2 Å². The van der Waals surface area contributed by atoms with Gasteiger partial charge in [-0.15, -0.1) is 0 Å². The molecule has 2 atom stereocenters. The van der Waals surface area contributed by atoms with Crippen LogP contribution < -0.4 is 0 Å². The van der Waals surface area contributed by atoms with Crippen LogP contribution in [0.3, 0.4) is 0 Å². The Bertz CT molecular complexity index is 280. The SMILES string of the molecule is CO[C@H]1Cc2ccccc2C1C. The standard InChI is InChI=1S/C11H14O/c1-8-10-6-4-3-5-9(10)7-11(8)12-2/h3-6,8,11H,7H2,1-2H3/t8?,11-/m0/s1. The molecule has 1 aliphatic rings. The van der Waals surface area contributed by atoms with Gasteiger partial charge in [-0.3, -0.25) is 0 Å². The van der Waals surface area contributed by atoms with Gasteiger partial charge in [0.15, 0.2) is 0 Å². The van der Waals surface area contributed by atoms with E-state index in [-0.39, 0.29) is 0 Å². The summed E-state index contributed by atoms with van der Waals surface area (Å²) in [6.07, 6.45) is 1.47. The van der Waals surface area contributed by atoms with Crippen LogP contribution in [0.4, 0.5) is 0 Å². The van der Waals surface area contributed by atoms with E-state index < -0.39 is 0 Å². The van der Waals surface area contributed by atoms with Gasteiger partial charge in [0.25, 0.3) is 0 Å². The van der Waals surface area contributed by atoms with Crippen molar-refractivity contribution in [3.8, 4) is 0 Å². The molecule has 1 unspecified atom stereocenters. The highest BCUT2D eigenvalue weighted by Gasteiger charge is 2.27. The van der Waals surface area contributed by atoms with Crippen LogP contribution >= 0.6 is 0 Å². The van der Waals surface area contributed by atoms with Gasteiger partial charge >= 0.3 is 0 Å². The lowest BCUT2D eigenvalue weighted by Crippen LogP contribution is -2.13. The fraction of sp³-hybridized carbons (Fsp3) is 0.455. The van der Waals surface area contributed by atoms with E-state index in [9.17, 15) is 0 Å². The predicted octanol–water partition coefficient (Wildman–Crippen LogP) is 2.36. The monoisotopic (exact) mass is 162 g/mol. The Hall–Kier alpha value is -0.820.